The van der Waals surface area contributed by atoms with Crippen molar-refractivity contribution < 1.29 is 0 Å². The van der Waals surface area contributed by atoms with Crippen LogP contribution in [-0.2, 0) is 0 Å². The lowest BCUT2D eigenvalue weighted by molar-refractivity contribution is 0.196. The van der Waals surface area contributed by atoms with E-state index in [4.69, 9.17) is 0 Å². The van der Waals surface area contributed by atoms with Crippen LogP contribution in [0.3, 0.4) is 0 Å². The van der Waals surface area contributed by atoms with Crippen molar-refractivity contribution in [1.82, 2.24) is 15.5 Å². The van der Waals surface area contributed by atoms with E-state index in [1.165, 1.54) is 64.8 Å². The van der Waals surface area contributed by atoms with Crippen molar-refractivity contribution in [2.45, 2.75) is 45.1 Å². The number of rotatable bonds is 5. The minimum absolute atomic E-state index is 0.715. The van der Waals surface area contributed by atoms with Crippen LogP contribution in [0, 0.1) is 5.92 Å². The molecule has 0 bridgehead atoms. The van der Waals surface area contributed by atoms with Crippen molar-refractivity contribution in [3.8, 4) is 0 Å². The third kappa shape index (κ3) is 4.94. The van der Waals surface area contributed by atoms with Gasteiger partial charge in [-0.1, -0.05) is 13.3 Å². The van der Waals surface area contributed by atoms with E-state index in [9.17, 15) is 0 Å². The fraction of sp³-hybridized carbons (Fsp3) is 1.00. The minimum Gasteiger partial charge on any atom is -0.315 e. The second-order valence-electron chi connectivity index (χ2n) is 5.92. The third-order valence-electron chi connectivity index (χ3n) is 4.07. The molecule has 2 rings (SSSR count). The van der Waals surface area contributed by atoms with Crippen molar-refractivity contribution in [3.05, 3.63) is 0 Å². The van der Waals surface area contributed by atoms with Crippen LogP contribution in [0.4, 0.5) is 0 Å². The molecule has 100 valence electrons. The predicted octanol–water partition coefficient (Wildman–Crippen LogP) is 1.45. The van der Waals surface area contributed by atoms with Gasteiger partial charge in [-0.05, 0) is 57.8 Å². The van der Waals surface area contributed by atoms with Gasteiger partial charge in [0.2, 0.25) is 0 Å². The molecule has 2 atom stereocenters. The molecule has 0 aliphatic carbocycles. The van der Waals surface area contributed by atoms with Gasteiger partial charge < -0.3 is 15.5 Å². The van der Waals surface area contributed by atoms with Gasteiger partial charge in [-0.15, -0.1) is 0 Å². The lowest BCUT2D eigenvalue weighted by atomic mass is 10.0. The van der Waals surface area contributed by atoms with Crippen LogP contribution in [-0.4, -0.2) is 50.2 Å². The van der Waals surface area contributed by atoms with Crippen LogP contribution < -0.4 is 10.6 Å². The SMILES string of the molecule is CC(CNC1CCCNC1)CN1CCCCC1. The van der Waals surface area contributed by atoms with Gasteiger partial charge in [0.15, 0.2) is 0 Å². The Morgan fingerprint density at radius 1 is 1.24 bits per heavy atom. The average Bonchev–Trinajstić information content (AvgIpc) is 2.39. The van der Waals surface area contributed by atoms with Gasteiger partial charge in [0, 0.05) is 19.1 Å². The Kier molecular flexibility index (Phi) is 5.75. The Labute approximate surface area is 106 Å². The number of hydrogen-bond acceptors (Lipinski definition) is 3. The minimum atomic E-state index is 0.715. The van der Waals surface area contributed by atoms with Crippen LogP contribution in [0.2, 0.25) is 0 Å². The van der Waals surface area contributed by atoms with E-state index >= 15 is 0 Å². The standard InChI is InChI=1S/C14H29N3/c1-13(12-17-8-3-2-4-9-17)10-16-14-6-5-7-15-11-14/h13-16H,2-12H2,1H3. The molecule has 0 aromatic carbocycles. The smallest absolute Gasteiger partial charge is 0.0193 e. The molecular formula is C14H29N3. The first-order valence-corrected chi connectivity index (χ1v) is 7.51. The molecule has 0 aromatic rings. The topological polar surface area (TPSA) is 27.3 Å². The number of hydrogen-bond donors (Lipinski definition) is 2. The first-order chi connectivity index (χ1) is 8.34. The number of nitrogens with zero attached hydrogens (tertiary/aromatic N) is 1. The molecule has 0 aromatic heterocycles. The quantitative estimate of drug-likeness (QED) is 0.760. The van der Waals surface area contributed by atoms with E-state index in [0.29, 0.717) is 6.04 Å². The van der Waals surface area contributed by atoms with Crippen LogP contribution in [0.1, 0.15) is 39.0 Å². The highest BCUT2D eigenvalue weighted by Gasteiger charge is 2.16. The Bertz CT molecular complexity index is 196. The van der Waals surface area contributed by atoms with Crippen LogP contribution >= 0.6 is 0 Å². The summed E-state index contributed by atoms with van der Waals surface area (Å²) >= 11 is 0. The molecule has 2 N–H and O–H groups in total. The molecule has 0 spiro atoms. The maximum absolute atomic E-state index is 3.72. The van der Waals surface area contributed by atoms with Crippen molar-refractivity contribution in [2.75, 3.05) is 39.3 Å². The molecule has 2 saturated heterocycles. The Balaban J connectivity index is 1.57. The molecule has 0 saturated carbocycles. The summed E-state index contributed by atoms with van der Waals surface area (Å²) in [6.07, 6.45) is 6.94. The van der Waals surface area contributed by atoms with Crippen LogP contribution in [0.5, 0.6) is 0 Å². The highest BCUT2D eigenvalue weighted by Crippen LogP contribution is 2.11. The van der Waals surface area contributed by atoms with Crippen molar-refractivity contribution in [1.29, 1.82) is 0 Å². The molecule has 2 aliphatic rings. The van der Waals surface area contributed by atoms with Crippen molar-refractivity contribution in [3.63, 3.8) is 0 Å². The summed E-state index contributed by atoms with van der Waals surface area (Å²) in [5.74, 6) is 0.787. The Morgan fingerprint density at radius 2 is 2.06 bits per heavy atom. The van der Waals surface area contributed by atoms with Gasteiger partial charge in [-0.3, -0.25) is 0 Å². The second kappa shape index (κ2) is 7.34. The van der Waals surface area contributed by atoms with Crippen LogP contribution in [0.25, 0.3) is 0 Å². The molecule has 2 heterocycles. The fourth-order valence-corrected chi connectivity index (χ4v) is 3.04. The zero-order valence-electron chi connectivity index (χ0n) is 11.4. The molecule has 17 heavy (non-hydrogen) atoms. The number of likely N-dealkylation sites (tertiary alicyclic amines) is 1. The zero-order chi connectivity index (χ0) is 11.9. The van der Waals surface area contributed by atoms with E-state index in [1.54, 1.807) is 0 Å². The van der Waals surface area contributed by atoms with E-state index < -0.39 is 0 Å². The summed E-state index contributed by atoms with van der Waals surface area (Å²) < 4.78 is 0. The molecule has 3 heteroatoms. The summed E-state index contributed by atoms with van der Waals surface area (Å²) in [5, 5.41) is 7.19. The fourth-order valence-electron chi connectivity index (χ4n) is 3.04. The molecule has 2 fully saturated rings. The normalized spacial score (nSPS) is 29.1. The lowest BCUT2D eigenvalue weighted by Gasteiger charge is -2.30. The number of nitrogens with one attached hydrogen (secondary N) is 2. The maximum Gasteiger partial charge on any atom is 0.0193 e. The first-order valence-electron chi connectivity index (χ1n) is 7.51. The molecule has 3 nitrogen and oxygen atoms in total. The lowest BCUT2D eigenvalue weighted by Crippen LogP contribution is -2.45. The summed E-state index contributed by atoms with van der Waals surface area (Å²) in [7, 11) is 0. The summed E-state index contributed by atoms with van der Waals surface area (Å²) in [6.45, 7) is 9.89. The number of piperidine rings is 2. The molecule has 2 aliphatic heterocycles. The summed E-state index contributed by atoms with van der Waals surface area (Å²) in [4.78, 5) is 2.65. The summed E-state index contributed by atoms with van der Waals surface area (Å²) in [5.41, 5.74) is 0. The molecule has 2 unspecified atom stereocenters. The third-order valence-corrected chi connectivity index (χ3v) is 4.07. The van der Waals surface area contributed by atoms with Crippen LogP contribution in [0.15, 0.2) is 0 Å². The predicted molar refractivity (Wildman–Crippen MR) is 73.3 cm³/mol. The van der Waals surface area contributed by atoms with E-state index in [1.807, 2.05) is 0 Å². The van der Waals surface area contributed by atoms with Gasteiger partial charge in [-0.2, -0.15) is 0 Å². The van der Waals surface area contributed by atoms with E-state index in [0.717, 1.165) is 12.5 Å². The van der Waals surface area contributed by atoms with Gasteiger partial charge >= 0.3 is 0 Å². The Hall–Kier alpha value is -0.120. The largest absolute Gasteiger partial charge is 0.315 e. The monoisotopic (exact) mass is 239 g/mol. The molecular weight excluding hydrogens is 210 g/mol. The zero-order valence-corrected chi connectivity index (χ0v) is 11.4. The van der Waals surface area contributed by atoms with Gasteiger partial charge in [0.25, 0.3) is 0 Å². The van der Waals surface area contributed by atoms with Gasteiger partial charge in [-0.25, -0.2) is 0 Å². The first kappa shape index (κ1) is 13.3. The molecule has 0 amide bonds. The average molecular weight is 239 g/mol. The maximum atomic E-state index is 3.72. The van der Waals surface area contributed by atoms with E-state index in [-0.39, 0.29) is 0 Å². The van der Waals surface area contributed by atoms with Gasteiger partial charge in [0.1, 0.15) is 0 Å². The molecule has 0 radical (unpaired) electrons. The highest BCUT2D eigenvalue weighted by molar-refractivity contribution is 4.76. The van der Waals surface area contributed by atoms with Crippen molar-refractivity contribution in [2.24, 2.45) is 5.92 Å². The second-order valence-corrected chi connectivity index (χ2v) is 5.92. The Morgan fingerprint density at radius 3 is 2.76 bits per heavy atom. The summed E-state index contributed by atoms with van der Waals surface area (Å²) in [6, 6.07) is 0.715. The van der Waals surface area contributed by atoms with E-state index in [2.05, 4.69) is 22.5 Å². The highest BCUT2D eigenvalue weighted by atomic mass is 15.1. The van der Waals surface area contributed by atoms with Crippen molar-refractivity contribution >= 4 is 0 Å². The van der Waals surface area contributed by atoms with Gasteiger partial charge in [0.05, 0.1) is 0 Å².